The molecule has 1 aromatic rings. The van der Waals surface area contributed by atoms with E-state index in [9.17, 15) is 19.7 Å². The number of imide groups is 1. The molecule has 0 unspecified atom stereocenters. The highest BCUT2D eigenvalue weighted by atomic mass is 16.6. The van der Waals surface area contributed by atoms with Gasteiger partial charge in [-0.2, -0.15) is 0 Å². The minimum Gasteiger partial charge on any atom is -0.379 e. The summed E-state index contributed by atoms with van der Waals surface area (Å²) < 4.78 is 5.33. The smallest absolute Gasteiger partial charge is 0.294 e. The molecular weight excluding hydrogens is 388 g/mol. The second-order valence-electron chi connectivity index (χ2n) is 8.20. The summed E-state index contributed by atoms with van der Waals surface area (Å²) in [6.07, 6.45) is 4.18. The van der Waals surface area contributed by atoms with E-state index in [0.29, 0.717) is 17.9 Å². The van der Waals surface area contributed by atoms with Gasteiger partial charge >= 0.3 is 0 Å². The van der Waals surface area contributed by atoms with Gasteiger partial charge in [-0.25, -0.2) is 4.90 Å². The van der Waals surface area contributed by atoms with Crippen LogP contribution in [0.15, 0.2) is 18.2 Å². The number of fused-ring (bicyclic) bond motifs is 1. The molecule has 0 radical (unpaired) electrons. The summed E-state index contributed by atoms with van der Waals surface area (Å²) >= 11 is 0. The number of benzene rings is 1. The van der Waals surface area contributed by atoms with Gasteiger partial charge in [0.1, 0.15) is 5.69 Å². The van der Waals surface area contributed by atoms with Crippen molar-refractivity contribution in [1.29, 1.82) is 0 Å². The van der Waals surface area contributed by atoms with Gasteiger partial charge in [0.15, 0.2) is 0 Å². The second kappa shape index (κ2) is 9.09. The van der Waals surface area contributed by atoms with Gasteiger partial charge in [0.25, 0.3) is 5.69 Å². The second-order valence-corrected chi connectivity index (χ2v) is 8.20. The lowest BCUT2D eigenvalue weighted by atomic mass is 9.81. The fourth-order valence-corrected chi connectivity index (χ4v) is 4.73. The van der Waals surface area contributed by atoms with Crippen molar-refractivity contribution in [3.63, 3.8) is 0 Å². The van der Waals surface area contributed by atoms with Gasteiger partial charge in [-0.1, -0.05) is 12.8 Å². The first-order valence-corrected chi connectivity index (χ1v) is 10.8. The summed E-state index contributed by atoms with van der Waals surface area (Å²) in [5.74, 6) is -0.984. The minimum atomic E-state index is -0.466. The maximum atomic E-state index is 12.8. The molecule has 0 aromatic heterocycles. The summed E-state index contributed by atoms with van der Waals surface area (Å²) in [6.45, 7) is 4.82. The maximum Gasteiger partial charge on any atom is 0.294 e. The predicted molar refractivity (Wildman–Crippen MR) is 111 cm³/mol. The number of hydrogen-bond acceptors (Lipinski definition) is 7. The van der Waals surface area contributed by atoms with Crippen molar-refractivity contribution >= 4 is 28.9 Å². The molecule has 2 saturated heterocycles. The Morgan fingerprint density at radius 3 is 2.40 bits per heavy atom. The van der Waals surface area contributed by atoms with E-state index in [-0.39, 0.29) is 29.3 Å². The predicted octanol–water partition coefficient (Wildman–Crippen LogP) is 2.41. The number of rotatable bonds is 7. The molecule has 30 heavy (non-hydrogen) atoms. The Hall–Kier alpha value is -2.52. The molecule has 9 heteroatoms. The Morgan fingerprint density at radius 1 is 1.10 bits per heavy atom. The van der Waals surface area contributed by atoms with Crippen LogP contribution in [0.25, 0.3) is 0 Å². The highest BCUT2D eigenvalue weighted by Gasteiger charge is 2.49. The molecule has 1 saturated carbocycles. The largest absolute Gasteiger partial charge is 0.379 e. The number of amides is 2. The Labute approximate surface area is 175 Å². The normalized spacial score (nSPS) is 24.7. The zero-order valence-electron chi connectivity index (χ0n) is 17.0. The van der Waals surface area contributed by atoms with Crippen LogP contribution in [0.4, 0.5) is 17.1 Å². The molecule has 9 nitrogen and oxygen atoms in total. The lowest BCUT2D eigenvalue weighted by Gasteiger charge is -2.26. The van der Waals surface area contributed by atoms with E-state index in [2.05, 4.69) is 10.2 Å². The van der Waals surface area contributed by atoms with Gasteiger partial charge in [-0.05, 0) is 37.9 Å². The number of nitro groups is 1. The van der Waals surface area contributed by atoms with Crippen LogP contribution < -0.4 is 10.2 Å². The fourth-order valence-electron chi connectivity index (χ4n) is 4.73. The van der Waals surface area contributed by atoms with Crippen molar-refractivity contribution in [1.82, 2.24) is 4.90 Å². The third-order valence-electron chi connectivity index (χ3n) is 6.35. The van der Waals surface area contributed by atoms with E-state index in [4.69, 9.17) is 4.74 Å². The summed E-state index contributed by atoms with van der Waals surface area (Å²) in [4.78, 5) is 40.2. The molecule has 0 bridgehead atoms. The highest BCUT2D eigenvalue weighted by molar-refractivity contribution is 6.22. The van der Waals surface area contributed by atoms with E-state index in [1.165, 1.54) is 6.07 Å². The Kier molecular flexibility index (Phi) is 6.29. The molecule has 3 aliphatic rings. The van der Waals surface area contributed by atoms with Crippen LogP contribution >= 0.6 is 0 Å². The standard InChI is InChI=1S/C21H28N4O5/c26-20-16-4-1-2-5-17(16)21(27)24(20)15-6-7-18(19(14-15)25(28)29)22-8-3-9-23-10-12-30-13-11-23/h6-7,14,16-17,22H,1-5,8-13H2/t16-,17-/m0/s1. The van der Waals surface area contributed by atoms with E-state index < -0.39 is 4.92 Å². The van der Waals surface area contributed by atoms with Crippen molar-refractivity contribution in [2.45, 2.75) is 32.1 Å². The van der Waals surface area contributed by atoms with Gasteiger partial charge < -0.3 is 10.1 Å². The van der Waals surface area contributed by atoms with Gasteiger partial charge in [0.05, 0.1) is 35.7 Å². The molecule has 2 atom stereocenters. The lowest BCUT2D eigenvalue weighted by molar-refractivity contribution is -0.383. The van der Waals surface area contributed by atoms with Crippen LogP contribution in [0, 0.1) is 22.0 Å². The molecular formula is C21H28N4O5. The van der Waals surface area contributed by atoms with Gasteiger partial charge in [0, 0.05) is 25.7 Å². The monoisotopic (exact) mass is 416 g/mol. The average molecular weight is 416 g/mol. The molecule has 162 valence electrons. The van der Waals surface area contributed by atoms with Crippen LogP contribution in [0.5, 0.6) is 0 Å². The number of nitrogens with one attached hydrogen (secondary N) is 1. The van der Waals surface area contributed by atoms with Crippen molar-refractivity contribution in [3.05, 3.63) is 28.3 Å². The molecule has 4 rings (SSSR count). The van der Waals surface area contributed by atoms with Crippen molar-refractivity contribution in [2.75, 3.05) is 49.6 Å². The average Bonchev–Trinajstić information content (AvgIpc) is 3.02. The fraction of sp³-hybridized carbons (Fsp3) is 0.619. The molecule has 1 N–H and O–H groups in total. The van der Waals surface area contributed by atoms with Crippen LogP contribution in [0.1, 0.15) is 32.1 Å². The number of morpholine rings is 1. The first-order valence-electron chi connectivity index (χ1n) is 10.8. The van der Waals surface area contributed by atoms with E-state index >= 15 is 0 Å². The third kappa shape index (κ3) is 4.17. The molecule has 1 aromatic carbocycles. The summed E-state index contributed by atoms with van der Waals surface area (Å²) in [6, 6.07) is 4.58. The first-order chi connectivity index (χ1) is 14.6. The number of ether oxygens (including phenoxy) is 1. The number of anilines is 2. The van der Waals surface area contributed by atoms with Gasteiger partial charge in [-0.15, -0.1) is 0 Å². The Balaban J connectivity index is 1.43. The lowest BCUT2D eigenvalue weighted by Crippen LogP contribution is -2.37. The van der Waals surface area contributed by atoms with Crippen molar-refractivity contribution < 1.29 is 19.2 Å². The van der Waals surface area contributed by atoms with Gasteiger partial charge in [0.2, 0.25) is 11.8 Å². The van der Waals surface area contributed by atoms with Crippen LogP contribution in [0.3, 0.4) is 0 Å². The first kappa shape index (κ1) is 20.7. The minimum absolute atomic E-state index is 0.116. The summed E-state index contributed by atoms with van der Waals surface area (Å²) in [7, 11) is 0. The summed E-state index contributed by atoms with van der Waals surface area (Å²) in [5, 5.41) is 14.8. The van der Waals surface area contributed by atoms with Crippen molar-refractivity contribution in [2.24, 2.45) is 11.8 Å². The van der Waals surface area contributed by atoms with Crippen LogP contribution in [-0.2, 0) is 14.3 Å². The zero-order chi connectivity index (χ0) is 21.1. The number of hydrogen-bond donors (Lipinski definition) is 1. The number of nitro benzene ring substituents is 1. The Bertz CT molecular complexity index is 800. The molecule has 2 heterocycles. The van der Waals surface area contributed by atoms with Crippen molar-refractivity contribution in [3.8, 4) is 0 Å². The quantitative estimate of drug-likeness (QED) is 0.315. The maximum absolute atomic E-state index is 12.8. The third-order valence-corrected chi connectivity index (χ3v) is 6.35. The summed E-state index contributed by atoms with van der Waals surface area (Å²) in [5.41, 5.74) is 0.585. The van der Waals surface area contributed by atoms with Gasteiger partial charge in [-0.3, -0.25) is 24.6 Å². The Morgan fingerprint density at radius 2 is 1.77 bits per heavy atom. The highest BCUT2D eigenvalue weighted by Crippen LogP contribution is 2.41. The zero-order valence-corrected chi connectivity index (χ0v) is 17.0. The topological polar surface area (TPSA) is 105 Å². The number of nitrogens with zero attached hydrogens (tertiary/aromatic N) is 3. The van der Waals surface area contributed by atoms with E-state index in [0.717, 1.165) is 69.9 Å². The SMILES string of the molecule is O=C1[C@H]2CCCC[C@@H]2C(=O)N1c1ccc(NCCCN2CCOCC2)c([N+](=O)[O-])c1. The molecule has 2 amide bonds. The van der Waals surface area contributed by atoms with Crippen LogP contribution in [-0.4, -0.2) is 61.0 Å². The molecule has 0 spiro atoms. The molecule has 3 fully saturated rings. The molecule has 1 aliphatic carbocycles. The van der Waals surface area contributed by atoms with E-state index in [1.807, 2.05) is 0 Å². The molecule has 2 aliphatic heterocycles. The number of carbonyl (C=O) groups excluding carboxylic acids is 2. The van der Waals surface area contributed by atoms with E-state index in [1.54, 1.807) is 12.1 Å². The van der Waals surface area contributed by atoms with Crippen LogP contribution in [0.2, 0.25) is 0 Å². The number of carbonyl (C=O) groups is 2.